The van der Waals surface area contributed by atoms with Crippen LogP contribution >= 0.6 is 0 Å². The van der Waals surface area contributed by atoms with Crippen LogP contribution in [0.3, 0.4) is 0 Å². The second-order valence-corrected chi connectivity index (χ2v) is 9.01. The van der Waals surface area contributed by atoms with Gasteiger partial charge in [0.25, 0.3) is 5.91 Å². The summed E-state index contributed by atoms with van der Waals surface area (Å²) in [5, 5.41) is 6.92. The van der Waals surface area contributed by atoms with Gasteiger partial charge in [0.1, 0.15) is 5.66 Å². The van der Waals surface area contributed by atoms with Crippen molar-refractivity contribution in [1.29, 1.82) is 0 Å². The highest BCUT2D eigenvalue weighted by molar-refractivity contribution is 6.02. The number of fused-ring (bicyclic) bond motifs is 3. The zero-order valence-corrected chi connectivity index (χ0v) is 17.3. The lowest BCUT2D eigenvalue weighted by Gasteiger charge is -2.56. The molecule has 2 bridgehead atoms. The quantitative estimate of drug-likeness (QED) is 0.821. The number of pyridine rings is 1. The van der Waals surface area contributed by atoms with Crippen LogP contribution < -0.4 is 10.6 Å². The van der Waals surface area contributed by atoms with Gasteiger partial charge in [0, 0.05) is 49.4 Å². The first-order valence-corrected chi connectivity index (χ1v) is 10.9. The Balaban J connectivity index is 1.28. The first-order chi connectivity index (χ1) is 14.6. The molecule has 3 saturated carbocycles. The fourth-order valence-corrected chi connectivity index (χ4v) is 5.67. The molecule has 156 valence electrons. The van der Waals surface area contributed by atoms with Gasteiger partial charge < -0.3 is 15.5 Å². The Bertz CT molecular complexity index is 963. The van der Waals surface area contributed by atoms with Crippen LogP contribution in [0.4, 0.5) is 5.69 Å². The lowest BCUT2D eigenvalue weighted by molar-refractivity contribution is -0.141. The summed E-state index contributed by atoms with van der Waals surface area (Å²) in [6.07, 6.45) is 6.29. The van der Waals surface area contributed by atoms with Gasteiger partial charge >= 0.3 is 0 Å². The number of nitrogens with zero attached hydrogens (tertiary/aromatic N) is 2. The van der Waals surface area contributed by atoms with Gasteiger partial charge in [0.15, 0.2) is 0 Å². The minimum atomic E-state index is -0.419. The predicted octanol–water partition coefficient (Wildman–Crippen LogP) is 3.07. The number of likely N-dealkylation sites (N-methyl/N-ethyl adjacent to an activating group) is 1. The van der Waals surface area contributed by atoms with E-state index < -0.39 is 5.66 Å². The third kappa shape index (κ3) is 3.24. The van der Waals surface area contributed by atoms with Crippen LogP contribution in [0.25, 0.3) is 0 Å². The van der Waals surface area contributed by atoms with Gasteiger partial charge in [-0.1, -0.05) is 18.2 Å². The Morgan fingerprint density at radius 3 is 2.77 bits per heavy atom. The largest absolute Gasteiger partial charge is 0.362 e. The Hall–Kier alpha value is -2.89. The van der Waals surface area contributed by atoms with E-state index in [1.54, 1.807) is 6.20 Å². The molecule has 6 rings (SSSR count). The highest BCUT2D eigenvalue weighted by Gasteiger charge is 2.55. The van der Waals surface area contributed by atoms with Crippen LogP contribution in [-0.2, 0) is 11.2 Å². The number of amides is 2. The molecule has 3 unspecified atom stereocenters. The third-order valence-electron chi connectivity index (χ3n) is 7.26. The number of carbonyl (C=O) groups excluding carboxylic acids is 2. The smallest absolute Gasteiger partial charge is 0.255 e. The van der Waals surface area contributed by atoms with Crippen LogP contribution in [0, 0.1) is 17.8 Å². The van der Waals surface area contributed by atoms with Crippen molar-refractivity contribution >= 4 is 17.5 Å². The molecule has 4 atom stereocenters. The van der Waals surface area contributed by atoms with Gasteiger partial charge in [-0.15, -0.1) is 0 Å². The molecule has 6 nitrogen and oxygen atoms in total. The van der Waals surface area contributed by atoms with E-state index in [1.807, 2.05) is 54.4 Å². The molecule has 2 aromatic rings. The molecule has 6 heteroatoms. The van der Waals surface area contributed by atoms with E-state index >= 15 is 0 Å². The fourth-order valence-electron chi connectivity index (χ4n) is 5.67. The Morgan fingerprint density at radius 1 is 1.17 bits per heavy atom. The van der Waals surface area contributed by atoms with E-state index in [0.29, 0.717) is 12.1 Å². The molecule has 2 heterocycles. The van der Waals surface area contributed by atoms with Crippen molar-refractivity contribution in [2.75, 3.05) is 18.9 Å². The number of anilines is 1. The lowest BCUT2D eigenvalue weighted by Crippen LogP contribution is -2.68. The number of rotatable bonds is 4. The zero-order valence-electron chi connectivity index (χ0n) is 17.3. The number of carbonyl (C=O) groups is 2. The molecule has 0 saturated heterocycles. The second kappa shape index (κ2) is 7.42. The maximum absolute atomic E-state index is 13.2. The average molecular weight is 405 g/mol. The van der Waals surface area contributed by atoms with Gasteiger partial charge in [-0.25, -0.2) is 0 Å². The van der Waals surface area contributed by atoms with Gasteiger partial charge in [-0.2, -0.15) is 0 Å². The molecule has 1 aliphatic heterocycles. The molecule has 1 spiro atoms. The van der Waals surface area contributed by atoms with E-state index in [4.69, 9.17) is 0 Å². The van der Waals surface area contributed by atoms with E-state index in [2.05, 4.69) is 15.6 Å². The number of nitrogens with one attached hydrogen (secondary N) is 2. The number of hydrogen-bond acceptors (Lipinski definition) is 4. The molecule has 30 heavy (non-hydrogen) atoms. The molecule has 2 N–H and O–H groups in total. The maximum Gasteiger partial charge on any atom is 0.255 e. The van der Waals surface area contributed by atoms with Gasteiger partial charge in [0.05, 0.1) is 5.56 Å². The summed E-state index contributed by atoms with van der Waals surface area (Å²) in [4.78, 5) is 32.2. The molecule has 1 aromatic heterocycles. The Labute approximate surface area is 177 Å². The highest BCUT2D eigenvalue weighted by atomic mass is 16.2. The summed E-state index contributed by atoms with van der Waals surface area (Å²) in [6.45, 7) is 0.678. The van der Waals surface area contributed by atoms with Crippen molar-refractivity contribution in [3.63, 3.8) is 0 Å². The van der Waals surface area contributed by atoms with E-state index in [-0.39, 0.29) is 29.6 Å². The molecule has 3 aliphatic carbocycles. The Kier molecular flexibility index (Phi) is 4.72. The number of aromatic nitrogens is 1. The van der Waals surface area contributed by atoms with Crippen molar-refractivity contribution in [2.24, 2.45) is 17.8 Å². The van der Waals surface area contributed by atoms with Gasteiger partial charge in [-0.3, -0.25) is 14.6 Å². The molecule has 2 amide bonds. The predicted molar refractivity (Wildman–Crippen MR) is 115 cm³/mol. The molecule has 4 aliphatic rings. The molecule has 0 radical (unpaired) electrons. The normalized spacial score (nSPS) is 29.1. The topological polar surface area (TPSA) is 74.3 Å². The summed E-state index contributed by atoms with van der Waals surface area (Å²) in [7, 11) is 1.90. The second-order valence-electron chi connectivity index (χ2n) is 9.01. The van der Waals surface area contributed by atoms with Crippen molar-refractivity contribution in [3.8, 4) is 0 Å². The van der Waals surface area contributed by atoms with Crippen molar-refractivity contribution < 1.29 is 9.59 Å². The number of benzene rings is 1. The van der Waals surface area contributed by atoms with Crippen LogP contribution in [-0.4, -0.2) is 41.0 Å². The van der Waals surface area contributed by atoms with Crippen LogP contribution in [0.5, 0.6) is 0 Å². The molecular weight excluding hydrogens is 376 g/mol. The zero-order chi connectivity index (χ0) is 20.7. The molecule has 3 fully saturated rings. The summed E-state index contributed by atoms with van der Waals surface area (Å²) in [5.74, 6) is 0.820. The molecule has 1 aromatic carbocycles. The van der Waals surface area contributed by atoms with Crippen molar-refractivity contribution in [2.45, 2.75) is 37.8 Å². The number of para-hydroxylation sites is 1. The van der Waals surface area contributed by atoms with E-state index in [9.17, 15) is 9.59 Å². The van der Waals surface area contributed by atoms with Crippen molar-refractivity contribution in [1.82, 2.24) is 15.2 Å². The van der Waals surface area contributed by atoms with Gasteiger partial charge in [0.2, 0.25) is 5.91 Å². The van der Waals surface area contributed by atoms with E-state index in [0.717, 1.165) is 43.5 Å². The first kappa shape index (κ1) is 19.1. The maximum atomic E-state index is 13.2. The van der Waals surface area contributed by atoms with E-state index in [1.165, 1.54) is 0 Å². The highest BCUT2D eigenvalue weighted by Crippen LogP contribution is 2.52. The average Bonchev–Trinajstić information content (AvgIpc) is 2.78. The SMILES string of the molecule is CN(CCc1ccccn1)C(=O)C1CC2CCC1C[C@@]21NC(=O)c2ccccc2N1. The van der Waals surface area contributed by atoms with Gasteiger partial charge in [-0.05, 0) is 55.9 Å². The molecular formula is C24H28N4O2. The first-order valence-electron chi connectivity index (χ1n) is 10.9. The van der Waals surface area contributed by atoms with Crippen LogP contribution in [0.2, 0.25) is 0 Å². The lowest BCUT2D eigenvalue weighted by atomic mass is 9.58. The minimum Gasteiger partial charge on any atom is -0.362 e. The Morgan fingerprint density at radius 2 is 2.00 bits per heavy atom. The summed E-state index contributed by atoms with van der Waals surface area (Å²) in [5.41, 5.74) is 2.20. The van der Waals surface area contributed by atoms with Crippen LogP contribution in [0.1, 0.15) is 41.7 Å². The monoisotopic (exact) mass is 404 g/mol. The van der Waals surface area contributed by atoms with Crippen LogP contribution in [0.15, 0.2) is 48.7 Å². The van der Waals surface area contributed by atoms with Crippen molar-refractivity contribution in [3.05, 3.63) is 59.9 Å². The third-order valence-corrected chi connectivity index (χ3v) is 7.26. The minimum absolute atomic E-state index is 0.00717. The summed E-state index contributed by atoms with van der Waals surface area (Å²) < 4.78 is 0. The number of hydrogen-bond donors (Lipinski definition) is 2. The standard InChI is InChI=1S/C24H28N4O2/c1-28(13-11-18-6-4-5-12-25-18)23(30)20-14-17-10-9-16(20)15-24(17)26-21-8-3-2-7-19(21)22(29)27-24/h2-8,12,16-17,20,26H,9-11,13-15H2,1H3,(H,27,29)/t16?,17?,20?,24-/m1/s1. The summed E-state index contributed by atoms with van der Waals surface area (Å²) >= 11 is 0. The summed E-state index contributed by atoms with van der Waals surface area (Å²) in [6, 6.07) is 13.6. The fraction of sp³-hybridized carbons (Fsp3) is 0.458.